The van der Waals surface area contributed by atoms with Crippen molar-refractivity contribution in [3.8, 4) is 0 Å². The fraction of sp³-hybridized carbons (Fsp3) is 0.462. The van der Waals surface area contributed by atoms with Crippen LogP contribution in [0.5, 0.6) is 0 Å². The zero-order valence-corrected chi connectivity index (χ0v) is 9.04. The molecule has 2 aliphatic rings. The molecule has 0 radical (unpaired) electrons. The first-order valence-corrected chi connectivity index (χ1v) is 5.81. The van der Waals surface area contributed by atoms with Gasteiger partial charge in [-0.3, -0.25) is 4.79 Å². The number of benzene rings is 1. The highest BCUT2D eigenvalue weighted by Gasteiger charge is 2.47. The maximum Gasteiger partial charge on any atom is 0.228 e. The molecule has 3 heteroatoms. The number of carbonyl (C=O) groups is 1. The maximum absolute atomic E-state index is 11.9. The van der Waals surface area contributed by atoms with Gasteiger partial charge in [0.15, 0.2) is 0 Å². The van der Waals surface area contributed by atoms with Crippen LogP contribution in [0.15, 0.2) is 30.3 Å². The summed E-state index contributed by atoms with van der Waals surface area (Å²) in [6.07, 6.45) is 1.28. The second-order valence-corrected chi connectivity index (χ2v) is 4.67. The molecule has 1 aromatic carbocycles. The summed E-state index contributed by atoms with van der Waals surface area (Å²) in [5.74, 6) is -0.0949. The summed E-state index contributed by atoms with van der Waals surface area (Å²) < 4.78 is 0. The Kier molecular flexibility index (Phi) is 2.21. The topological polar surface area (TPSA) is 40.5 Å². The van der Waals surface area contributed by atoms with Crippen LogP contribution in [0.4, 0.5) is 0 Å². The number of amides is 1. The Hall–Kier alpha value is -1.35. The molecule has 0 saturated carbocycles. The Morgan fingerprint density at radius 3 is 2.56 bits per heavy atom. The molecule has 0 bridgehead atoms. The lowest BCUT2D eigenvalue weighted by Gasteiger charge is -2.34. The van der Waals surface area contributed by atoms with Crippen molar-refractivity contribution in [3.05, 3.63) is 35.9 Å². The Morgan fingerprint density at radius 2 is 2.06 bits per heavy atom. The van der Waals surface area contributed by atoms with Crippen molar-refractivity contribution in [2.24, 2.45) is 5.92 Å². The SMILES string of the molecule is O=C1[C@@H]([C@@H](O)c2ccccc2)C[C@@H]2CCN12. The number of rotatable bonds is 2. The van der Waals surface area contributed by atoms with Crippen LogP contribution in [0.25, 0.3) is 0 Å². The monoisotopic (exact) mass is 217 g/mol. The number of aliphatic hydroxyl groups is 1. The third-order valence-electron chi connectivity index (χ3n) is 3.79. The van der Waals surface area contributed by atoms with E-state index in [2.05, 4.69) is 0 Å². The average molecular weight is 217 g/mol. The van der Waals surface area contributed by atoms with Gasteiger partial charge in [0, 0.05) is 12.6 Å². The van der Waals surface area contributed by atoms with Gasteiger partial charge >= 0.3 is 0 Å². The predicted molar refractivity (Wildman–Crippen MR) is 59.6 cm³/mol. The summed E-state index contributed by atoms with van der Waals surface area (Å²) >= 11 is 0. The summed E-state index contributed by atoms with van der Waals surface area (Å²) in [5.41, 5.74) is 0.850. The number of aliphatic hydroxyl groups excluding tert-OH is 1. The fourth-order valence-corrected chi connectivity index (χ4v) is 2.73. The number of fused-ring (bicyclic) bond motifs is 1. The number of hydrogen-bond acceptors (Lipinski definition) is 2. The van der Waals surface area contributed by atoms with Crippen LogP contribution in [0.1, 0.15) is 24.5 Å². The second-order valence-electron chi connectivity index (χ2n) is 4.67. The van der Waals surface area contributed by atoms with E-state index < -0.39 is 6.10 Å². The third-order valence-corrected chi connectivity index (χ3v) is 3.79. The van der Waals surface area contributed by atoms with Crippen LogP contribution in [0.3, 0.4) is 0 Å². The van der Waals surface area contributed by atoms with E-state index in [9.17, 15) is 9.90 Å². The van der Waals surface area contributed by atoms with Gasteiger partial charge in [-0.1, -0.05) is 30.3 Å². The number of nitrogens with zero attached hydrogens (tertiary/aromatic N) is 1. The van der Waals surface area contributed by atoms with Crippen molar-refractivity contribution >= 4 is 5.91 Å². The van der Waals surface area contributed by atoms with E-state index in [1.54, 1.807) is 0 Å². The minimum atomic E-state index is -0.640. The minimum absolute atomic E-state index is 0.132. The summed E-state index contributed by atoms with van der Waals surface area (Å²) in [7, 11) is 0. The van der Waals surface area contributed by atoms with Crippen molar-refractivity contribution in [1.82, 2.24) is 4.90 Å². The number of hydrogen-bond donors (Lipinski definition) is 1. The lowest BCUT2D eigenvalue weighted by Crippen LogP contribution is -2.45. The van der Waals surface area contributed by atoms with Gasteiger partial charge < -0.3 is 10.0 Å². The highest BCUT2D eigenvalue weighted by Crippen LogP contribution is 2.39. The standard InChI is InChI=1S/C13H15NO2/c15-12(9-4-2-1-3-5-9)11-8-10-6-7-14(10)13(11)16/h1-5,10-12,15H,6-8H2/t10-,11+,12-/m0/s1. The molecule has 0 aromatic heterocycles. The molecule has 1 aromatic rings. The van der Waals surface area contributed by atoms with Crippen LogP contribution in [0, 0.1) is 5.92 Å². The van der Waals surface area contributed by atoms with Crippen LogP contribution >= 0.6 is 0 Å². The molecule has 0 spiro atoms. The lowest BCUT2D eigenvalue weighted by atomic mass is 9.92. The van der Waals surface area contributed by atoms with Crippen molar-refractivity contribution in [3.63, 3.8) is 0 Å². The van der Waals surface area contributed by atoms with Crippen LogP contribution in [-0.4, -0.2) is 28.5 Å². The predicted octanol–water partition coefficient (Wildman–Crippen LogP) is 1.34. The molecule has 0 unspecified atom stereocenters. The normalized spacial score (nSPS) is 29.8. The summed E-state index contributed by atoms with van der Waals surface area (Å²) in [6, 6.07) is 9.87. The zero-order chi connectivity index (χ0) is 11.1. The smallest absolute Gasteiger partial charge is 0.228 e. The molecule has 2 heterocycles. The van der Waals surface area contributed by atoms with Crippen molar-refractivity contribution in [1.29, 1.82) is 0 Å². The van der Waals surface area contributed by atoms with Crippen LogP contribution in [-0.2, 0) is 4.79 Å². The van der Waals surface area contributed by atoms with Gasteiger partial charge in [0.25, 0.3) is 0 Å². The van der Waals surface area contributed by atoms with Gasteiger partial charge in [-0.05, 0) is 18.4 Å². The second kappa shape index (κ2) is 3.59. The van der Waals surface area contributed by atoms with E-state index in [4.69, 9.17) is 0 Å². The Morgan fingerprint density at radius 1 is 1.31 bits per heavy atom. The molecule has 3 rings (SSSR count). The van der Waals surface area contributed by atoms with Crippen molar-refractivity contribution in [2.45, 2.75) is 25.0 Å². The Balaban J connectivity index is 1.81. The molecular weight excluding hydrogens is 202 g/mol. The van der Waals surface area contributed by atoms with Crippen LogP contribution in [0.2, 0.25) is 0 Å². The first-order valence-electron chi connectivity index (χ1n) is 5.81. The molecule has 2 fully saturated rings. The first kappa shape index (κ1) is 9.85. The van der Waals surface area contributed by atoms with E-state index in [0.29, 0.717) is 6.04 Å². The minimum Gasteiger partial charge on any atom is -0.388 e. The van der Waals surface area contributed by atoms with E-state index >= 15 is 0 Å². The van der Waals surface area contributed by atoms with E-state index in [-0.39, 0.29) is 11.8 Å². The van der Waals surface area contributed by atoms with Gasteiger partial charge in [-0.25, -0.2) is 0 Å². The third kappa shape index (κ3) is 1.35. The molecular formula is C13H15NO2. The lowest BCUT2D eigenvalue weighted by molar-refractivity contribution is -0.137. The molecule has 3 nitrogen and oxygen atoms in total. The van der Waals surface area contributed by atoms with E-state index in [1.165, 1.54) is 0 Å². The largest absolute Gasteiger partial charge is 0.388 e. The molecule has 0 aliphatic carbocycles. The highest BCUT2D eigenvalue weighted by atomic mass is 16.3. The van der Waals surface area contributed by atoms with Gasteiger partial charge in [0.1, 0.15) is 0 Å². The summed E-state index contributed by atoms with van der Waals surface area (Å²) in [4.78, 5) is 13.8. The highest BCUT2D eigenvalue weighted by molar-refractivity contribution is 5.83. The van der Waals surface area contributed by atoms with Gasteiger partial charge in [0.2, 0.25) is 5.91 Å². The molecule has 1 N–H and O–H groups in total. The first-order chi connectivity index (χ1) is 7.77. The summed E-state index contributed by atoms with van der Waals surface area (Å²) in [5, 5.41) is 10.2. The van der Waals surface area contributed by atoms with Gasteiger partial charge in [-0.2, -0.15) is 0 Å². The Labute approximate surface area is 94.7 Å². The number of carbonyl (C=O) groups excluding carboxylic acids is 1. The molecule has 3 atom stereocenters. The maximum atomic E-state index is 11.9. The molecule has 84 valence electrons. The van der Waals surface area contributed by atoms with Gasteiger partial charge in [-0.15, -0.1) is 0 Å². The van der Waals surface area contributed by atoms with E-state index in [0.717, 1.165) is 24.9 Å². The molecule has 16 heavy (non-hydrogen) atoms. The quantitative estimate of drug-likeness (QED) is 0.812. The fourth-order valence-electron chi connectivity index (χ4n) is 2.73. The van der Waals surface area contributed by atoms with Gasteiger partial charge in [0.05, 0.1) is 12.0 Å². The summed E-state index contributed by atoms with van der Waals surface area (Å²) in [6.45, 7) is 0.876. The van der Waals surface area contributed by atoms with Crippen molar-refractivity contribution < 1.29 is 9.90 Å². The van der Waals surface area contributed by atoms with Crippen LogP contribution < -0.4 is 0 Å². The Bertz CT molecular complexity index is 404. The molecule has 2 saturated heterocycles. The van der Waals surface area contributed by atoms with E-state index in [1.807, 2.05) is 35.2 Å². The average Bonchev–Trinajstić information content (AvgIpc) is 2.49. The van der Waals surface area contributed by atoms with Crippen molar-refractivity contribution in [2.75, 3.05) is 6.54 Å². The molecule has 1 amide bonds. The zero-order valence-electron chi connectivity index (χ0n) is 9.04. The molecule has 2 aliphatic heterocycles.